The van der Waals surface area contributed by atoms with Gasteiger partial charge in [0.15, 0.2) is 0 Å². The summed E-state index contributed by atoms with van der Waals surface area (Å²) in [5.41, 5.74) is 2.57. The van der Waals surface area contributed by atoms with Crippen molar-refractivity contribution < 1.29 is 32.5 Å². The molecule has 1 fully saturated rings. The Bertz CT molecular complexity index is 1550. The number of ether oxygens (including phenoxy) is 3. The van der Waals surface area contributed by atoms with Gasteiger partial charge in [-0.15, -0.1) is 0 Å². The number of carboxylic acids is 1. The Kier molecular flexibility index (Phi) is 9.29. The van der Waals surface area contributed by atoms with E-state index in [1.807, 2.05) is 0 Å². The van der Waals surface area contributed by atoms with Gasteiger partial charge in [-0.1, -0.05) is 30.3 Å². The molecule has 1 aliphatic rings. The van der Waals surface area contributed by atoms with Crippen molar-refractivity contribution in [3.05, 3.63) is 95.5 Å². The van der Waals surface area contributed by atoms with Gasteiger partial charge in [-0.05, 0) is 48.9 Å². The quantitative estimate of drug-likeness (QED) is 0.356. The second kappa shape index (κ2) is 13.0. The third-order valence-corrected chi connectivity index (χ3v) is 7.92. The fourth-order valence-electron chi connectivity index (χ4n) is 3.90. The van der Waals surface area contributed by atoms with Crippen LogP contribution in [0.1, 0.15) is 34.0 Å². The van der Waals surface area contributed by atoms with E-state index in [1.165, 1.54) is 41.1 Å². The van der Waals surface area contributed by atoms with E-state index in [9.17, 15) is 18.5 Å². The third kappa shape index (κ3) is 6.73. The van der Waals surface area contributed by atoms with Gasteiger partial charge >= 0.3 is 5.97 Å². The molecule has 2 heterocycles. The smallest absolute Gasteiger partial charge is 0.335 e. The molecule has 0 atom stereocenters. The molecule has 4 rings (SSSR count). The van der Waals surface area contributed by atoms with Gasteiger partial charge in [0.05, 0.1) is 41.9 Å². The molecule has 0 amide bonds. The van der Waals surface area contributed by atoms with Crippen LogP contribution in [0.25, 0.3) is 17.3 Å². The number of carbonyl (C=O) groups is 1. The number of aromatic carboxylic acids is 1. The van der Waals surface area contributed by atoms with E-state index >= 15 is 0 Å². The highest BCUT2D eigenvalue weighted by atomic mass is 32.2. The number of sulfonamides is 1. The Labute approximate surface area is 232 Å². The van der Waals surface area contributed by atoms with E-state index in [4.69, 9.17) is 19.3 Å². The molecule has 10 nitrogen and oxygen atoms in total. The average Bonchev–Trinajstić information content (AvgIpc) is 2.98. The molecule has 1 N–H and O–H groups in total. The summed E-state index contributed by atoms with van der Waals surface area (Å²) in [5, 5.41) is 19.0. The molecule has 11 heteroatoms. The molecular formula is C29H27N3O7S. The van der Waals surface area contributed by atoms with Crippen molar-refractivity contribution in [1.29, 1.82) is 5.26 Å². The van der Waals surface area contributed by atoms with E-state index in [0.29, 0.717) is 48.7 Å². The summed E-state index contributed by atoms with van der Waals surface area (Å²) in [6.45, 7) is 3.15. The van der Waals surface area contributed by atoms with E-state index in [2.05, 4.69) is 11.1 Å². The number of nitriles is 1. The van der Waals surface area contributed by atoms with Crippen LogP contribution in [0.15, 0.2) is 78.1 Å². The normalized spacial score (nSPS) is 14.3. The maximum Gasteiger partial charge on any atom is 0.335 e. The Morgan fingerprint density at radius 3 is 2.45 bits per heavy atom. The number of aromatic nitrogens is 1. The molecule has 0 spiro atoms. The molecule has 1 saturated heterocycles. The summed E-state index contributed by atoms with van der Waals surface area (Å²) in [6, 6.07) is 16.3. The van der Waals surface area contributed by atoms with Crippen LogP contribution in [-0.2, 0) is 26.1 Å². The number of hydrogen-bond donors (Lipinski definition) is 1. The monoisotopic (exact) mass is 561 g/mol. The highest BCUT2D eigenvalue weighted by molar-refractivity contribution is 7.89. The minimum absolute atomic E-state index is 0.0417. The van der Waals surface area contributed by atoms with Crippen LogP contribution in [0.5, 0.6) is 5.88 Å². The first-order chi connectivity index (χ1) is 19.3. The number of morpholine rings is 1. The molecule has 2 aromatic carbocycles. The van der Waals surface area contributed by atoms with Crippen molar-refractivity contribution in [2.45, 2.75) is 18.4 Å². The lowest BCUT2D eigenvalue weighted by molar-refractivity contribution is 0.0696. The fraction of sp³-hybridized carbons (Fsp3) is 0.207. The Morgan fingerprint density at radius 2 is 1.82 bits per heavy atom. The first kappa shape index (κ1) is 28.5. The van der Waals surface area contributed by atoms with E-state index < -0.39 is 16.0 Å². The number of nitrogens with zero attached hydrogens (tertiary/aromatic N) is 3. The largest absolute Gasteiger partial charge is 0.478 e. The van der Waals surface area contributed by atoms with Crippen molar-refractivity contribution in [2.24, 2.45) is 0 Å². The van der Waals surface area contributed by atoms with Crippen molar-refractivity contribution >= 4 is 22.1 Å². The molecule has 0 radical (unpaired) electrons. The molecule has 0 saturated carbocycles. The van der Waals surface area contributed by atoms with Gasteiger partial charge in [0.2, 0.25) is 15.9 Å². The number of benzene rings is 2. The zero-order chi connectivity index (χ0) is 28.5. The topological polar surface area (TPSA) is 139 Å². The van der Waals surface area contributed by atoms with Crippen LogP contribution in [0, 0.1) is 11.3 Å². The lowest BCUT2D eigenvalue weighted by Crippen LogP contribution is -2.40. The van der Waals surface area contributed by atoms with Gasteiger partial charge < -0.3 is 19.3 Å². The number of carboxylic acid groups (broad SMARTS) is 1. The molecule has 0 bridgehead atoms. The Hall–Kier alpha value is -4.50. The number of pyridine rings is 1. The van der Waals surface area contributed by atoms with Crippen LogP contribution in [0.3, 0.4) is 0 Å². The van der Waals surface area contributed by atoms with Crippen LogP contribution in [-0.4, -0.2) is 55.1 Å². The zero-order valence-corrected chi connectivity index (χ0v) is 22.5. The van der Waals surface area contributed by atoms with Crippen molar-refractivity contribution in [3.63, 3.8) is 0 Å². The van der Waals surface area contributed by atoms with E-state index in [-0.39, 0.29) is 28.5 Å². The maximum absolute atomic E-state index is 13.0. The van der Waals surface area contributed by atoms with E-state index in [0.717, 1.165) is 0 Å². The molecule has 1 aromatic heterocycles. The average molecular weight is 562 g/mol. The lowest BCUT2D eigenvalue weighted by Gasteiger charge is -2.26. The molecule has 206 valence electrons. The van der Waals surface area contributed by atoms with Gasteiger partial charge in [0.25, 0.3) is 0 Å². The number of allylic oxidation sites excluding steroid dienone is 1. The maximum atomic E-state index is 13.0. The van der Waals surface area contributed by atoms with Crippen LogP contribution < -0.4 is 4.74 Å². The predicted octanol–water partition coefficient (Wildman–Crippen LogP) is 4.44. The van der Waals surface area contributed by atoms with Crippen molar-refractivity contribution in [2.75, 3.05) is 26.3 Å². The van der Waals surface area contributed by atoms with Gasteiger partial charge in [0, 0.05) is 24.2 Å². The van der Waals surface area contributed by atoms with Crippen LogP contribution in [0.4, 0.5) is 0 Å². The minimum Gasteiger partial charge on any atom is -0.478 e. The van der Waals surface area contributed by atoms with Gasteiger partial charge in [-0.3, -0.25) is 0 Å². The zero-order valence-electron chi connectivity index (χ0n) is 21.7. The van der Waals surface area contributed by atoms with Crippen LogP contribution in [0.2, 0.25) is 0 Å². The fourth-order valence-corrected chi connectivity index (χ4v) is 5.31. The summed E-state index contributed by atoms with van der Waals surface area (Å²) in [6.07, 6.45) is 6.22. The molecule has 3 aromatic rings. The molecule has 40 heavy (non-hydrogen) atoms. The number of rotatable bonds is 10. The summed E-state index contributed by atoms with van der Waals surface area (Å²) in [7, 11) is -3.66. The predicted molar refractivity (Wildman–Crippen MR) is 147 cm³/mol. The molecular weight excluding hydrogens is 534 g/mol. The summed E-state index contributed by atoms with van der Waals surface area (Å²) < 4.78 is 43.9. The summed E-state index contributed by atoms with van der Waals surface area (Å²) in [4.78, 5) is 15.8. The first-order valence-corrected chi connectivity index (χ1v) is 13.8. The first-order valence-electron chi connectivity index (χ1n) is 12.3. The third-order valence-electron chi connectivity index (χ3n) is 6.00. The minimum atomic E-state index is -3.66. The van der Waals surface area contributed by atoms with Gasteiger partial charge in [0.1, 0.15) is 18.2 Å². The Balaban J connectivity index is 1.66. The highest BCUT2D eigenvalue weighted by Crippen LogP contribution is 2.29. The van der Waals surface area contributed by atoms with Crippen molar-refractivity contribution in [1.82, 2.24) is 9.29 Å². The van der Waals surface area contributed by atoms with E-state index in [1.54, 1.807) is 49.4 Å². The molecule has 1 aliphatic heterocycles. The second-order valence-electron chi connectivity index (χ2n) is 8.63. The summed E-state index contributed by atoms with van der Waals surface area (Å²) >= 11 is 0. The van der Waals surface area contributed by atoms with Crippen molar-refractivity contribution in [3.8, 4) is 23.2 Å². The summed E-state index contributed by atoms with van der Waals surface area (Å²) in [5.74, 6) is -0.966. The Morgan fingerprint density at radius 1 is 1.12 bits per heavy atom. The molecule has 0 aliphatic carbocycles. The van der Waals surface area contributed by atoms with Crippen LogP contribution >= 0.6 is 0 Å². The standard InChI is InChI=1S/C29H27N3O7S/c1-2-14-37-15-11-24-18-27(22-7-9-25(10-8-22)40(35,36)32-12-16-38-17-13-32)31-28(26(24)19-30)39-20-21-3-5-23(6-4-21)29(33)34/h2-11,14-15,18H,12-13,16-17,20H2,1H3,(H,33,34)/b14-2-,15-11+. The molecule has 0 unspecified atom stereocenters. The van der Waals surface area contributed by atoms with Gasteiger partial charge in [-0.25, -0.2) is 18.2 Å². The second-order valence-corrected chi connectivity index (χ2v) is 10.6. The number of hydrogen-bond acceptors (Lipinski definition) is 8. The highest BCUT2D eigenvalue weighted by Gasteiger charge is 2.26. The van der Waals surface area contributed by atoms with Gasteiger partial charge in [-0.2, -0.15) is 9.57 Å². The SMILES string of the molecule is C/C=C\O/C=C/c1cc(-c2ccc(S(=O)(=O)N3CCOCC3)cc2)nc(OCc2ccc(C(=O)O)cc2)c1C#N. The lowest BCUT2D eigenvalue weighted by atomic mass is 10.1.